The number of nitrogens with one attached hydrogen (secondary N) is 1. The highest BCUT2D eigenvalue weighted by atomic mass is 28.4. The maximum absolute atomic E-state index is 12.5. The molecule has 1 fully saturated rings. The second-order valence-electron chi connectivity index (χ2n) is 8.96. The lowest BCUT2D eigenvalue weighted by Gasteiger charge is -2.38. The van der Waals surface area contributed by atoms with Crippen LogP contribution in [-0.4, -0.2) is 59.7 Å². The summed E-state index contributed by atoms with van der Waals surface area (Å²) in [6.45, 7) is 15.4. The predicted octanol–water partition coefficient (Wildman–Crippen LogP) is 3.62. The van der Waals surface area contributed by atoms with Crippen molar-refractivity contribution in [2.45, 2.75) is 76.9 Å². The third-order valence-corrected chi connectivity index (χ3v) is 10.3. The van der Waals surface area contributed by atoms with Crippen LogP contribution in [0.4, 0.5) is 4.79 Å². The van der Waals surface area contributed by atoms with E-state index in [2.05, 4.69) is 50.4 Å². The zero-order valence-electron chi connectivity index (χ0n) is 17.8. The molecule has 0 aliphatic carbocycles. The Morgan fingerprint density at radius 1 is 1.50 bits per heavy atom. The molecule has 2 N–H and O–H groups in total. The van der Waals surface area contributed by atoms with Gasteiger partial charge in [-0.2, -0.15) is 0 Å². The summed E-state index contributed by atoms with van der Waals surface area (Å²) >= 11 is 0. The monoisotopic (exact) mass is 409 g/mol. The molecule has 28 heavy (non-hydrogen) atoms. The normalized spacial score (nSPS) is 20.4. The summed E-state index contributed by atoms with van der Waals surface area (Å²) in [5, 5.41) is 9.29. The van der Waals surface area contributed by atoms with Gasteiger partial charge in [-0.05, 0) is 31.0 Å². The molecule has 1 aromatic rings. The minimum absolute atomic E-state index is 0.0202. The van der Waals surface area contributed by atoms with Crippen LogP contribution in [-0.2, 0) is 22.2 Å². The summed E-state index contributed by atoms with van der Waals surface area (Å²) in [4.78, 5) is 21.7. The number of aromatic nitrogens is 2. The van der Waals surface area contributed by atoms with E-state index in [1.54, 1.807) is 17.2 Å². The Bertz CT molecular complexity index is 669. The molecule has 0 bridgehead atoms. The van der Waals surface area contributed by atoms with Crippen molar-refractivity contribution in [1.29, 1.82) is 0 Å². The van der Waals surface area contributed by atoms with Crippen LogP contribution in [0.5, 0.6) is 0 Å². The first-order valence-electron chi connectivity index (χ1n) is 9.93. The number of aryl methyl sites for hydroxylation is 1. The highest BCUT2D eigenvalue weighted by molar-refractivity contribution is 6.74. The van der Waals surface area contributed by atoms with Gasteiger partial charge in [-0.25, -0.2) is 9.78 Å². The average Bonchev–Trinajstić information content (AvgIpc) is 3.23. The van der Waals surface area contributed by atoms with Gasteiger partial charge in [-0.15, -0.1) is 0 Å². The Morgan fingerprint density at radius 2 is 2.21 bits per heavy atom. The molecule has 1 amide bonds. The standard InChI is InChI=1S/C20H35N3O4Si/c1-7-10-26-19(25)23-13-17(27-28(5,6)20(2,3)4)11-16(23)8-9-18-21-12-15(14-24)22-18/h7,12,16-17,24H,1,8-11,13-14H2,2-6H3,(H,21,22). The fourth-order valence-electron chi connectivity index (χ4n) is 3.18. The van der Waals surface area contributed by atoms with Gasteiger partial charge in [0, 0.05) is 19.0 Å². The summed E-state index contributed by atoms with van der Waals surface area (Å²) in [7, 11) is -1.92. The van der Waals surface area contributed by atoms with Gasteiger partial charge in [-0.3, -0.25) is 0 Å². The molecule has 0 aromatic carbocycles. The SMILES string of the molecule is C=CCOC(=O)N1CC(O[Si](C)(C)C(C)(C)C)CC1CCc1ncc(CO)[nH]1. The molecule has 8 heteroatoms. The van der Waals surface area contributed by atoms with E-state index in [0.29, 0.717) is 18.7 Å². The molecule has 1 aliphatic heterocycles. The van der Waals surface area contributed by atoms with E-state index in [9.17, 15) is 9.90 Å². The summed E-state index contributed by atoms with van der Waals surface area (Å²) in [5.74, 6) is 0.817. The highest BCUT2D eigenvalue weighted by Crippen LogP contribution is 2.39. The number of aliphatic hydroxyl groups excluding tert-OH is 1. The Balaban J connectivity index is 2.05. The quantitative estimate of drug-likeness (QED) is 0.506. The lowest BCUT2D eigenvalue weighted by atomic mass is 10.1. The summed E-state index contributed by atoms with van der Waals surface area (Å²) < 4.78 is 11.9. The van der Waals surface area contributed by atoms with E-state index in [1.807, 2.05) is 0 Å². The number of carbonyl (C=O) groups is 1. The first kappa shape index (κ1) is 22.6. The smallest absolute Gasteiger partial charge is 0.410 e. The minimum Gasteiger partial charge on any atom is -0.445 e. The van der Waals surface area contributed by atoms with E-state index < -0.39 is 8.32 Å². The Kier molecular flexibility index (Phi) is 7.47. The molecule has 158 valence electrons. The van der Waals surface area contributed by atoms with Crippen LogP contribution in [0.1, 0.15) is 45.1 Å². The number of aromatic amines is 1. The number of aliphatic hydroxyl groups is 1. The van der Waals surface area contributed by atoms with Crippen molar-refractivity contribution in [2.75, 3.05) is 13.2 Å². The molecule has 7 nitrogen and oxygen atoms in total. The van der Waals surface area contributed by atoms with Gasteiger partial charge in [0.15, 0.2) is 8.32 Å². The second kappa shape index (κ2) is 9.24. The number of hydrogen-bond donors (Lipinski definition) is 2. The van der Waals surface area contributed by atoms with Crippen molar-refractivity contribution in [2.24, 2.45) is 0 Å². The number of ether oxygens (including phenoxy) is 1. The second-order valence-corrected chi connectivity index (χ2v) is 13.7. The number of hydrogen-bond acceptors (Lipinski definition) is 5. The zero-order valence-corrected chi connectivity index (χ0v) is 18.8. The molecule has 0 saturated carbocycles. The maximum Gasteiger partial charge on any atom is 0.410 e. The third kappa shape index (κ3) is 5.68. The lowest BCUT2D eigenvalue weighted by Crippen LogP contribution is -2.44. The Hall–Kier alpha value is -1.64. The number of rotatable bonds is 8. The fraction of sp³-hybridized carbons (Fsp3) is 0.700. The molecule has 2 atom stereocenters. The molecule has 2 rings (SSSR count). The summed E-state index contributed by atoms with van der Waals surface area (Å²) in [5.41, 5.74) is 0.697. The van der Waals surface area contributed by atoms with Crippen LogP contribution >= 0.6 is 0 Å². The third-order valence-electron chi connectivity index (χ3n) is 5.77. The first-order chi connectivity index (χ1) is 13.1. The molecule has 2 unspecified atom stereocenters. The molecule has 0 spiro atoms. The van der Waals surface area contributed by atoms with Crippen LogP contribution in [0.25, 0.3) is 0 Å². The van der Waals surface area contributed by atoms with Crippen LogP contribution in [0.2, 0.25) is 18.1 Å². The van der Waals surface area contributed by atoms with Crippen molar-refractivity contribution in [3.05, 3.63) is 30.4 Å². The minimum atomic E-state index is -1.92. The van der Waals surface area contributed by atoms with Gasteiger partial charge < -0.3 is 24.2 Å². The van der Waals surface area contributed by atoms with Crippen molar-refractivity contribution in [3.63, 3.8) is 0 Å². The summed E-state index contributed by atoms with van der Waals surface area (Å²) in [6, 6.07) is 0.0368. The van der Waals surface area contributed by atoms with Crippen LogP contribution < -0.4 is 0 Å². The zero-order chi connectivity index (χ0) is 20.9. The lowest BCUT2D eigenvalue weighted by molar-refractivity contribution is 0.102. The van der Waals surface area contributed by atoms with Crippen molar-refractivity contribution in [3.8, 4) is 0 Å². The molecule has 1 aromatic heterocycles. The van der Waals surface area contributed by atoms with Gasteiger partial charge in [0.2, 0.25) is 0 Å². The Labute approximate surface area is 169 Å². The number of carbonyl (C=O) groups excluding carboxylic acids is 1. The number of likely N-dealkylation sites (tertiary alicyclic amines) is 1. The van der Waals surface area contributed by atoms with E-state index in [1.165, 1.54) is 0 Å². The van der Waals surface area contributed by atoms with Crippen LogP contribution in [0, 0.1) is 0 Å². The molecule has 1 aliphatic rings. The molecular formula is C20H35N3O4Si. The van der Waals surface area contributed by atoms with E-state index in [-0.39, 0.29) is 36.5 Å². The van der Waals surface area contributed by atoms with Gasteiger partial charge in [-0.1, -0.05) is 33.4 Å². The maximum atomic E-state index is 12.5. The number of H-pyrrole nitrogens is 1. The summed E-state index contributed by atoms with van der Waals surface area (Å²) in [6.07, 6.45) is 5.17. The first-order valence-corrected chi connectivity index (χ1v) is 12.8. The average molecular weight is 410 g/mol. The van der Waals surface area contributed by atoms with Crippen LogP contribution in [0.15, 0.2) is 18.9 Å². The van der Waals surface area contributed by atoms with Crippen molar-refractivity contribution in [1.82, 2.24) is 14.9 Å². The van der Waals surface area contributed by atoms with E-state index >= 15 is 0 Å². The van der Waals surface area contributed by atoms with E-state index in [4.69, 9.17) is 9.16 Å². The van der Waals surface area contributed by atoms with Gasteiger partial charge >= 0.3 is 6.09 Å². The molecular weight excluding hydrogens is 374 g/mol. The van der Waals surface area contributed by atoms with Gasteiger partial charge in [0.05, 0.1) is 24.6 Å². The Morgan fingerprint density at radius 3 is 2.79 bits per heavy atom. The fourth-order valence-corrected chi connectivity index (χ4v) is 4.54. The van der Waals surface area contributed by atoms with E-state index in [0.717, 1.165) is 18.7 Å². The highest BCUT2D eigenvalue weighted by Gasteiger charge is 2.43. The van der Waals surface area contributed by atoms with Crippen molar-refractivity contribution >= 4 is 14.4 Å². The number of nitrogens with zero attached hydrogens (tertiary/aromatic N) is 2. The topological polar surface area (TPSA) is 87.7 Å². The van der Waals surface area contributed by atoms with Crippen LogP contribution in [0.3, 0.4) is 0 Å². The van der Waals surface area contributed by atoms with Gasteiger partial charge in [0.1, 0.15) is 12.4 Å². The predicted molar refractivity (Wildman–Crippen MR) is 112 cm³/mol. The molecule has 0 radical (unpaired) electrons. The largest absolute Gasteiger partial charge is 0.445 e. The van der Waals surface area contributed by atoms with Crippen molar-refractivity contribution < 1.29 is 19.1 Å². The number of amides is 1. The molecule has 2 heterocycles. The number of imidazole rings is 1. The molecule has 1 saturated heterocycles. The van der Waals surface area contributed by atoms with Gasteiger partial charge in [0.25, 0.3) is 0 Å².